The minimum Gasteiger partial charge on any atom is -0.326 e. The van der Waals surface area contributed by atoms with E-state index >= 15 is 0 Å². The highest BCUT2D eigenvalue weighted by molar-refractivity contribution is 5.99. The average Bonchev–Trinajstić information content (AvgIpc) is 2.86. The summed E-state index contributed by atoms with van der Waals surface area (Å²) in [5.41, 5.74) is 1.75. The number of carbonyl (C=O) groups is 1. The molecule has 2 atom stereocenters. The van der Waals surface area contributed by atoms with E-state index < -0.39 is 0 Å². The van der Waals surface area contributed by atoms with Crippen LogP contribution in [0.15, 0.2) is 18.2 Å². The van der Waals surface area contributed by atoms with Gasteiger partial charge in [0.15, 0.2) is 0 Å². The predicted octanol–water partition coefficient (Wildman–Crippen LogP) is 1.88. The molecule has 66 valence electrons. The maximum atomic E-state index is 12.9. The summed E-state index contributed by atoms with van der Waals surface area (Å²) in [6.45, 7) is 0. The third-order valence-corrected chi connectivity index (χ3v) is 2.80. The van der Waals surface area contributed by atoms with E-state index in [1.54, 1.807) is 6.07 Å². The first-order valence-electron chi connectivity index (χ1n) is 4.36. The van der Waals surface area contributed by atoms with Gasteiger partial charge in [0.1, 0.15) is 5.82 Å². The van der Waals surface area contributed by atoms with Gasteiger partial charge in [-0.3, -0.25) is 4.79 Å². The Morgan fingerprint density at radius 3 is 3.08 bits per heavy atom. The Balaban J connectivity index is 2.15. The minimum absolute atomic E-state index is 0.0871. The van der Waals surface area contributed by atoms with Crippen LogP contribution in [-0.2, 0) is 4.79 Å². The summed E-state index contributed by atoms with van der Waals surface area (Å²) in [4.78, 5) is 11.3. The van der Waals surface area contributed by atoms with Crippen LogP contribution < -0.4 is 5.32 Å². The number of halogens is 1. The first kappa shape index (κ1) is 7.06. The molecule has 1 N–H and O–H groups in total. The van der Waals surface area contributed by atoms with Gasteiger partial charge >= 0.3 is 0 Å². The molecule has 0 aromatic heterocycles. The molecule has 1 aliphatic heterocycles. The van der Waals surface area contributed by atoms with Crippen LogP contribution in [0.2, 0.25) is 0 Å². The van der Waals surface area contributed by atoms with Crippen LogP contribution >= 0.6 is 0 Å². The van der Waals surface area contributed by atoms with Gasteiger partial charge in [-0.2, -0.15) is 0 Å². The number of fused-ring (bicyclic) bond motifs is 3. The average molecular weight is 177 g/mol. The van der Waals surface area contributed by atoms with E-state index in [4.69, 9.17) is 0 Å². The third-order valence-electron chi connectivity index (χ3n) is 2.80. The number of anilines is 1. The number of hydrogen-bond donors (Lipinski definition) is 1. The van der Waals surface area contributed by atoms with Crippen LogP contribution in [0.1, 0.15) is 17.9 Å². The van der Waals surface area contributed by atoms with Gasteiger partial charge < -0.3 is 5.32 Å². The van der Waals surface area contributed by atoms with E-state index in [0.717, 1.165) is 17.7 Å². The highest BCUT2D eigenvalue weighted by Gasteiger charge is 2.48. The van der Waals surface area contributed by atoms with Gasteiger partial charge in [-0.05, 0) is 36.1 Å². The summed E-state index contributed by atoms with van der Waals surface area (Å²) < 4.78 is 12.9. The molecule has 1 fully saturated rings. The van der Waals surface area contributed by atoms with Gasteiger partial charge in [-0.1, -0.05) is 0 Å². The van der Waals surface area contributed by atoms with E-state index in [9.17, 15) is 9.18 Å². The van der Waals surface area contributed by atoms with Crippen molar-refractivity contribution in [3.05, 3.63) is 29.6 Å². The summed E-state index contributed by atoms with van der Waals surface area (Å²) in [6, 6.07) is 4.54. The Kier molecular flexibility index (Phi) is 1.14. The summed E-state index contributed by atoms with van der Waals surface area (Å²) in [5.74, 6) is 0.249. The molecule has 2 unspecified atom stereocenters. The van der Waals surface area contributed by atoms with Crippen molar-refractivity contribution in [1.29, 1.82) is 0 Å². The first-order valence-corrected chi connectivity index (χ1v) is 4.36. The number of nitrogens with one attached hydrogen (secondary N) is 1. The summed E-state index contributed by atoms with van der Waals surface area (Å²) in [5, 5.41) is 2.77. The molecule has 13 heavy (non-hydrogen) atoms. The van der Waals surface area contributed by atoms with E-state index in [1.807, 2.05) is 0 Å². The van der Waals surface area contributed by atoms with Crippen molar-refractivity contribution >= 4 is 11.6 Å². The second-order valence-electron chi connectivity index (χ2n) is 3.67. The van der Waals surface area contributed by atoms with Gasteiger partial charge in [-0.15, -0.1) is 0 Å². The summed E-state index contributed by atoms with van der Waals surface area (Å²) in [6.07, 6.45) is 0.877. The standard InChI is InChI=1S/C10H8FNO/c11-5-1-2-9-7(3-5)6-4-8(6)10(13)12-9/h1-3,6,8H,4H2,(H,12,13). The lowest BCUT2D eigenvalue weighted by Crippen LogP contribution is -2.19. The smallest absolute Gasteiger partial charge is 0.228 e. The highest BCUT2D eigenvalue weighted by atomic mass is 19.1. The van der Waals surface area contributed by atoms with Crippen LogP contribution in [0.4, 0.5) is 10.1 Å². The number of hydrogen-bond acceptors (Lipinski definition) is 1. The zero-order chi connectivity index (χ0) is 9.00. The van der Waals surface area contributed by atoms with Crippen molar-refractivity contribution in [2.24, 2.45) is 5.92 Å². The molecule has 1 aromatic rings. The SMILES string of the molecule is O=C1Nc2ccc(F)cc2C2CC12. The third kappa shape index (κ3) is 0.899. The number of amides is 1. The second kappa shape index (κ2) is 2.10. The first-order chi connectivity index (χ1) is 6.25. The van der Waals surface area contributed by atoms with Crippen molar-refractivity contribution in [2.75, 3.05) is 5.32 Å². The molecule has 2 aliphatic rings. The van der Waals surface area contributed by atoms with Crippen LogP contribution in [0.5, 0.6) is 0 Å². The summed E-state index contributed by atoms with van der Waals surface area (Å²) >= 11 is 0. The molecular weight excluding hydrogens is 169 g/mol. The fraction of sp³-hybridized carbons (Fsp3) is 0.300. The molecule has 2 nitrogen and oxygen atoms in total. The fourth-order valence-corrected chi connectivity index (χ4v) is 2.01. The van der Waals surface area contributed by atoms with E-state index in [1.165, 1.54) is 12.1 Å². The van der Waals surface area contributed by atoms with Crippen LogP contribution in [0, 0.1) is 11.7 Å². The van der Waals surface area contributed by atoms with Gasteiger partial charge in [0.05, 0.1) is 0 Å². The zero-order valence-electron chi connectivity index (χ0n) is 6.88. The number of rotatable bonds is 0. The normalized spacial score (nSPS) is 28.8. The van der Waals surface area contributed by atoms with Gasteiger partial charge in [-0.25, -0.2) is 4.39 Å². The van der Waals surface area contributed by atoms with Crippen LogP contribution in [0.3, 0.4) is 0 Å². The topological polar surface area (TPSA) is 29.1 Å². The maximum absolute atomic E-state index is 12.9. The maximum Gasteiger partial charge on any atom is 0.228 e. The van der Waals surface area contributed by atoms with Crippen LogP contribution in [-0.4, -0.2) is 5.91 Å². The monoisotopic (exact) mass is 177 g/mol. The van der Waals surface area contributed by atoms with Crippen LogP contribution in [0.25, 0.3) is 0 Å². The molecule has 1 aromatic carbocycles. The molecule has 0 spiro atoms. The van der Waals surface area contributed by atoms with Crippen molar-refractivity contribution < 1.29 is 9.18 Å². The van der Waals surface area contributed by atoms with Gasteiger partial charge in [0.2, 0.25) is 5.91 Å². The molecule has 1 aliphatic carbocycles. The van der Waals surface area contributed by atoms with E-state index in [-0.39, 0.29) is 23.6 Å². The lowest BCUT2D eigenvalue weighted by Gasteiger charge is -2.15. The molecular formula is C10H8FNO. The van der Waals surface area contributed by atoms with Crippen molar-refractivity contribution in [1.82, 2.24) is 0 Å². The molecule has 1 amide bonds. The van der Waals surface area contributed by atoms with Gasteiger partial charge in [0, 0.05) is 11.6 Å². The lowest BCUT2D eigenvalue weighted by atomic mass is 10.0. The van der Waals surface area contributed by atoms with Crippen molar-refractivity contribution in [2.45, 2.75) is 12.3 Å². The predicted molar refractivity (Wildman–Crippen MR) is 45.9 cm³/mol. The zero-order valence-corrected chi connectivity index (χ0v) is 6.88. The van der Waals surface area contributed by atoms with E-state index in [2.05, 4.69) is 5.32 Å². The Morgan fingerprint density at radius 1 is 1.38 bits per heavy atom. The minimum atomic E-state index is -0.222. The molecule has 0 bridgehead atoms. The number of benzene rings is 1. The highest BCUT2D eigenvalue weighted by Crippen LogP contribution is 2.53. The van der Waals surface area contributed by atoms with Crippen molar-refractivity contribution in [3.8, 4) is 0 Å². The molecule has 3 rings (SSSR count). The molecule has 3 heteroatoms. The Hall–Kier alpha value is -1.38. The fourth-order valence-electron chi connectivity index (χ4n) is 2.01. The molecule has 1 heterocycles. The largest absolute Gasteiger partial charge is 0.326 e. The quantitative estimate of drug-likeness (QED) is 0.644. The van der Waals surface area contributed by atoms with Crippen molar-refractivity contribution in [3.63, 3.8) is 0 Å². The Bertz CT molecular complexity index is 402. The molecule has 1 saturated carbocycles. The lowest BCUT2D eigenvalue weighted by molar-refractivity contribution is -0.117. The second-order valence-corrected chi connectivity index (χ2v) is 3.67. The summed E-state index contributed by atoms with van der Waals surface area (Å²) in [7, 11) is 0. The molecule has 0 radical (unpaired) electrons. The number of carbonyl (C=O) groups excluding carboxylic acids is 1. The Morgan fingerprint density at radius 2 is 2.23 bits per heavy atom. The van der Waals surface area contributed by atoms with E-state index in [0.29, 0.717) is 0 Å². The molecule has 0 saturated heterocycles. The Labute approximate surface area is 74.8 Å². The van der Waals surface area contributed by atoms with Gasteiger partial charge in [0.25, 0.3) is 0 Å².